The standard InChI is InChI=1S/C16H18Cl2N2O/c1-3-5-19-11(2)12-4-6-20-16(7-12)21-15-9-13(17)8-14(18)10-15/h4,6-11,19H,3,5H2,1-2H3. The van der Waals surface area contributed by atoms with Crippen LogP contribution in [0.5, 0.6) is 11.6 Å². The van der Waals surface area contributed by atoms with Gasteiger partial charge in [-0.05, 0) is 49.7 Å². The minimum Gasteiger partial charge on any atom is -0.439 e. The fraction of sp³-hybridized carbons (Fsp3) is 0.312. The molecule has 112 valence electrons. The summed E-state index contributed by atoms with van der Waals surface area (Å²) in [4.78, 5) is 4.22. The first-order chi connectivity index (χ1) is 10.1. The van der Waals surface area contributed by atoms with Crippen molar-refractivity contribution in [3.05, 3.63) is 52.1 Å². The van der Waals surface area contributed by atoms with E-state index in [-0.39, 0.29) is 6.04 Å². The van der Waals surface area contributed by atoms with Crippen molar-refractivity contribution < 1.29 is 4.74 Å². The minimum absolute atomic E-state index is 0.248. The van der Waals surface area contributed by atoms with Crippen LogP contribution in [0, 0.1) is 0 Å². The summed E-state index contributed by atoms with van der Waals surface area (Å²) in [6.07, 6.45) is 2.83. The summed E-state index contributed by atoms with van der Waals surface area (Å²) in [7, 11) is 0. The number of rotatable bonds is 6. The maximum Gasteiger partial charge on any atom is 0.219 e. The molecule has 0 amide bonds. The lowest BCUT2D eigenvalue weighted by Crippen LogP contribution is -2.19. The van der Waals surface area contributed by atoms with E-state index < -0.39 is 0 Å². The Morgan fingerprint density at radius 2 is 1.90 bits per heavy atom. The molecule has 2 rings (SSSR count). The Bertz CT molecular complexity index is 584. The lowest BCUT2D eigenvalue weighted by molar-refractivity contribution is 0.460. The Balaban J connectivity index is 2.13. The maximum atomic E-state index is 5.96. The molecule has 21 heavy (non-hydrogen) atoms. The van der Waals surface area contributed by atoms with E-state index in [0.717, 1.165) is 18.5 Å². The fourth-order valence-electron chi connectivity index (χ4n) is 1.94. The highest BCUT2D eigenvalue weighted by Crippen LogP contribution is 2.28. The topological polar surface area (TPSA) is 34.2 Å². The highest BCUT2D eigenvalue weighted by atomic mass is 35.5. The van der Waals surface area contributed by atoms with Gasteiger partial charge in [-0.3, -0.25) is 0 Å². The molecule has 0 aliphatic carbocycles. The van der Waals surface area contributed by atoms with Gasteiger partial charge >= 0.3 is 0 Å². The van der Waals surface area contributed by atoms with Crippen molar-refractivity contribution in [3.63, 3.8) is 0 Å². The van der Waals surface area contributed by atoms with Gasteiger partial charge in [0.1, 0.15) is 5.75 Å². The second kappa shape index (κ2) is 7.64. The molecule has 0 aliphatic heterocycles. The van der Waals surface area contributed by atoms with Crippen molar-refractivity contribution in [1.82, 2.24) is 10.3 Å². The SMILES string of the molecule is CCCNC(C)c1ccnc(Oc2cc(Cl)cc(Cl)c2)c1. The second-order valence-electron chi connectivity index (χ2n) is 4.81. The number of benzene rings is 1. The van der Waals surface area contributed by atoms with E-state index in [9.17, 15) is 0 Å². The summed E-state index contributed by atoms with van der Waals surface area (Å²) >= 11 is 11.9. The van der Waals surface area contributed by atoms with Crippen LogP contribution in [0.15, 0.2) is 36.5 Å². The first-order valence-electron chi connectivity index (χ1n) is 6.91. The third kappa shape index (κ3) is 4.88. The van der Waals surface area contributed by atoms with Crippen LogP contribution in [0.3, 0.4) is 0 Å². The molecular weight excluding hydrogens is 307 g/mol. The van der Waals surface area contributed by atoms with Crippen molar-refractivity contribution in [3.8, 4) is 11.6 Å². The summed E-state index contributed by atoms with van der Waals surface area (Å²) < 4.78 is 5.73. The zero-order valence-electron chi connectivity index (χ0n) is 12.1. The first-order valence-corrected chi connectivity index (χ1v) is 7.67. The molecular formula is C16H18Cl2N2O. The van der Waals surface area contributed by atoms with Gasteiger partial charge < -0.3 is 10.1 Å². The van der Waals surface area contributed by atoms with Crippen LogP contribution < -0.4 is 10.1 Å². The summed E-state index contributed by atoms with van der Waals surface area (Å²) in [5.74, 6) is 1.10. The number of ether oxygens (including phenoxy) is 1. The van der Waals surface area contributed by atoms with Crippen LogP contribution >= 0.6 is 23.2 Å². The molecule has 5 heteroatoms. The van der Waals surface area contributed by atoms with Crippen molar-refractivity contribution in [2.24, 2.45) is 0 Å². The average molecular weight is 325 g/mol. The number of hydrogen-bond donors (Lipinski definition) is 1. The van der Waals surface area contributed by atoms with E-state index >= 15 is 0 Å². The van der Waals surface area contributed by atoms with Gasteiger partial charge in [0.2, 0.25) is 5.88 Å². The molecule has 0 saturated carbocycles. The monoisotopic (exact) mass is 324 g/mol. The van der Waals surface area contributed by atoms with Gasteiger partial charge in [0.05, 0.1) is 0 Å². The van der Waals surface area contributed by atoms with Crippen LogP contribution in [0.4, 0.5) is 0 Å². The molecule has 3 nitrogen and oxygen atoms in total. The van der Waals surface area contributed by atoms with E-state index in [1.54, 1.807) is 24.4 Å². The summed E-state index contributed by atoms with van der Waals surface area (Å²) in [6, 6.07) is 9.23. The van der Waals surface area contributed by atoms with E-state index in [2.05, 4.69) is 24.1 Å². The van der Waals surface area contributed by atoms with Crippen LogP contribution in [0.1, 0.15) is 31.9 Å². The molecule has 0 saturated heterocycles. The molecule has 1 unspecified atom stereocenters. The quantitative estimate of drug-likeness (QED) is 0.788. The van der Waals surface area contributed by atoms with Gasteiger partial charge in [0.25, 0.3) is 0 Å². The highest BCUT2D eigenvalue weighted by molar-refractivity contribution is 6.34. The van der Waals surface area contributed by atoms with Crippen molar-refractivity contribution in [2.45, 2.75) is 26.3 Å². The fourth-order valence-corrected chi connectivity index (χ4v) is 2.44. The molecule has 0 aliphatic rings. The normalized spacial score (nSPS) is 12.2. The Morgan fingerprint density at radius 3 is 2.57 bits per heavy atom. The predicted molar refractivity (Wildman–Crippen MR) is 87.5 cm³/mol. The molecule has 2 aromatic rings. The number of halogens is 2. The second-order valence-corrected chi connectivity index (χ2v) is 5.68. The molecule has 0 spiro atoms. The number of pyridine rings is 1. The number of nitrogens with zero attached hydrogens (tertiary/aromatic N) is 1. The zero-order chi connectivity index (χ0) is 15.2. The molecule has 1 atom stereocenters. The van der Waals surface area contributed by atoms with Gasteiger partial charge in [-0.15, -0.1) is 0 Å². The predicted octanol–water partition coefficient (Wildman–Crippen LogP) is 5.24. The van der Waals surface area contributed by atoms with Gasteiger partial charge in [0, 0.05) is 28.4 Å². The Labute approximate surface area is 135 Å². The first kappa shape index (κ1) is 16.1. The van der Waals surface area contributed by atoms with Gasteiger partial charge in [-0.1, -0.05) is 30.1 Å². The highest BCUT2D eigenvalue weighted by Gasteiger charge is 2.07. The number of nitrogens with one attached hydrogen (secondary N) is 1. The third-order valence-corrected chi connectivity index (χ3v) is 3.45. The smallest absolute Gasteiger partial charge is 0.219 e. The van der Waals surface area contributed by atoms with E-state index in [0.29, 0.717) is 21.7 Å². The molecule has 1 heterocycles. The third-order valence-electron chi connectivity index (χ3n) is 3.02. The lowest BCUT2D eigenvalue weighted by Gasteiger charge is -2.14. The Kier molecular flexibility index (Phi) is 5.85. The van der Waals surface area contributed by atoms with Crippen LogP contribution in [0.2, 0.25) is 10.0 Å². The summed E-state index contributed by atoms with van der Waals surface area (Å²) in [5, 5.41) is 4.50. The van der Waals surface area contributed by atoms with Crippen LogP contribution in [0.25, 0.3) is 0 Å². The summed E-state index contributed by atoms with van der Waals surface area (Å²) in [5.41, 5.74) is 1.13. The zero-order valence-corrected chi connectivity index (χ0v) is 13.6. The molecule has 1 aromatic heterocycles. The van der Waals surface area contributed by atoms with Gasteiger partial charge in [-0.2, -0.15) is 0 Å². The van der Waals surface area contributed by atoms with Gasteiger partial charge in [0.15, 0.2) is 0 Å². The maximum absolute atomic E-state index is 5.96. The summed E-state index contributed by atoms with van der Waals surface area (Å²) in [6.45, 7) is 5.23. The number of hydrogen-bond acceptors (Lipinski definition) is 3. The lowest BCUT2D eigenvalue weighted by atomic mass is 10.1. The van der Waals surface area contributed by atoms with Crippen molar-refractivity contribution in [1.29, 1.82) is 0 Å². The van der Waals surface area contributed by atoms with Gasteiger partial charge in [-0.25, -0.2) is 4.98 Å². The molecule has 0 fully saturated rings. The van der Waals surface area contributed by atoms with Crippen LogP contribution in [-0.2, 0) is 0 Å². The van der Waals surface area contributed by atoms with E-state index in [4.69, 9.17) is 27.9 Å². The molecule has 1 aromatic carbocycles. The van der Waals surface area contributed by atoms with Crippen molar-refractivity contribution >= 4 is 23.2 Å². The molecule has 1 N–H and O–H groups in total. The molecule has 0 radical (unpaired) electrons. The minimum atomic E-state index is 0.248. The van der Waals surface area contributed by atoms with Crippen molar-refractivity contribution in [2.75, 3.05) is 6.54 Å². The van der Waals surface area contributed by atoms with E-state index in [1.165, 1.54) is 0 Å². The Morgan fingerprint density at radius 1 is 1.19 bits per heavy atom. The number of aromatic nitrogens is 1. The molecule has 0 bridgehead atoms. The Hall–Kier alpha value is -1.29. The van der Waals surface area contributed by atoms with E-state index in [1.807, 2.05) is 12.1 Å². The average Bonchev–Trinajstić information content (AvgIpc) is 2.44. The largest absolute Gasteiger partial charge is 0.439 e. The van der Waals surface area contributed by atoms with Crippen LogP contribution in [-0.4, -0.2) is 11.5 Å².